The Morgan fingerprint density at radius 3 is 1.37 bits per heavy atom. The highest BCUT2D eigenvalue weighted by molar-refractivity contribution is 6.25. The van der Waals surface area contributed by atoms with Gasteiger partial charge in [-0.2, -0.15) is 0 Å². The van der Waals surface area contributed by atoms with Crippen LogP contribution in [0.5, 0.6) is 0 Å². The van der Waals surface area contributed by atoms with Gasteiger partial charge in [0.2, 0.25) is 0 Å². The number of fused-ring (bicyclic) bond motifs is 12. The topological polar surface area (TPSA) is 6.48 Å². The maximum absolute atomic E-state index is 2.53. The van der Waals surface area contributed by atoms with Gasteiger partial charge >= 0.3 is 0 Å². The van der Waals surface area contributed by atoms with Crippen LogP contribution in [0, 0.1) is 0 Å². The van der Waals surface area contributed by atoms with Crippen LogP contribution in [0.15, 0.2) is 224 Å². The average molecular weight is 897 g/mol. The van der Waals surface area contributed by atoms with Crippen LogP contribution in [0.3, 0.4) is 0 Å². The molecule has 0 fully saturated rings. The Hall–Kier alpha value is -8.20. The lowest BCUT2D eigenvalue weighted by Gasteiger charge is -2.31. The summed E-state index contributed by atoms with van der Waals surface area (Å²) in [6.45, 7) is 9.61. The van der Waals surface area contributed by atoms with Gasteiger partial charge in [0, 0.05) is 44.4 Å². The van der Waals surface area contributed by atoms with Crippen LogP contribution < -0.4 is 9.80 Å². The van der Waals surface area contributed by atoms with Crippen molar-refractivity contribution in [1.29, 1.82) is 0 Å². The van der Waals surface area contributed by atoms with Gasteiger partial charge in [-0.1, -0.05) is 191 Å². The minimum absolute atomic E-state index is 0.0615. The van der Waals surface area contributed by atoms with Crippen molar-refractivity contribution < 1.29 is 0 Å². The first kappa shape index (κ1) is 40.8. The molecule has 11 aromatic rings. The van der Waals surface area contributed by atoms with E-state index in [0.29, 0.717) is 0 Å². The Morgan fingerprint density at radius 2 is 0.786 bits per heavy atom. The number of hydrogen-bond acceptors (Lipinski definition) is 2. The Bertz CT molecular complexity index is 4090. The zero-order chi connectivity index (χ0) is 46.9. The fourth-order valence-corrected chi connectivity index (χ4v) is 12.8. The van der Waals surface area contributed by atoms with Crippen molar-refractivity contribution in [2.75, 3.05) is 9.80 Å². The Balaban J connectivity index is 1.03. The van der Waals surface area contributed by atoms with Gasteiger partial charge in [0.25, 0.3) is 0 Å². The van der Waals surface area contributed by atoms with Crippen LogP contribution in [-0.2, 0) is 10.8 Å². The van der Waals surface area contributed by atoms with Crippen molar-refractivity contribution in [3.63, 3.8) is 0 Å². The molecule has 0 N–H and O–H groups in total. The minimum Gasteiger partial charge on any atom is -0.310 e. The molecule has 0 spiro atoms. The molecule has 0 amide bonds. The normalized spacial score (nSPS) is 15.1. The molecule has 0 bridgehead atoms. The molecule has 0 atom stereocenters. The van der Waals surface area contributed by atoms with E-state index < -0.39 is 0 Å². The third-order valence-corrected chi connectivity index (χ3v) is 16.3. The molecule has 0 heterocycles. The zero-order valence-electron chi connectivity index (χ0n) is 40.1. The smallest absolute Gasteiger partial charge is 0.0546 e. The summed E-state index contributed by atoms with van der Waals surface area (Å²) in [6.07, 6.45) is 6.93. The van der Waals surface area contributed by atoms with Crippen LogP contribution in [0.25, 0.3) is 70.6 Å². The van der Waals surface area contributed by atoms with Crippen LogP contribution in [0.4, 0.5) is 34.1 Å². The van der Waals surface area contributed by atoms with E-state index in [1.165, 1.54) is 98.5 Å². The second-order valence-electron chi connectivity index (χ2n) is 20.8. The average Bonchev–Trinajstić information content (AvgIpc) is 3.77. The molecule has 0 aliphatic heterocycles. The minimum atomic E-state index is -0.145. The van der Waals surface area contributed by atoms with Gasteiger partial charge in [-0.3, -0.25) is 0 Å². The monoisotopic (exact) mass is 896 g/mol. The summed E-state index contributed by atoms with van der Waals surface area (Å²) >= 11 is 0. The van der Waals surface area contributed by atoms with Crippen molar-refractivity contribution >= 4 is 93.6 Å². The van der Waals surface area contributed by atoms with E-state index in [0.717, 1.165) is 41.3 Å². The van der Waals surface area contributed by atoms with Gasteiger partial charge in [-0.05, 0) is 156 Å². The van der Waals surface area contributed by atoms with Crippen LogP contribution in [-0.4, -0.2) is 0 Å². The van der Waals surface area contributed by atoms with E-state index in [9.17, 15) is 0 Å². The number of anilines is 6. The first-order valence-electron chi connectivity index (χ1n) is 25.0. The van der Waals surface area contributed by atoms with Gasteiger partial charge in [0.15, 0.2) is 0 Å². The third-order valence-electron chi connectivity index (χ3n) is 16.3. The molecule has 0 radical (unpaired) electrons. The molecule has 0 saturated heterocycles. The molecule has 0 saturated carbocycles. The fourth-order valence-electron chi connectivity index (χ4n) is 12.8. The second kappa shape index (κ2) is 15.1. The van der Waals surface area contributed by atoms with Crippen molar-refractivity contribution in [2.45, 2.75) is 51.4 Å². The van der Waals surface area contributed by atoms with Gasteiger partial charge in [-0.15, -0.1) is 0 Å². The fraction of sp³-hybridized carbons (Fsp3) is 0.118. The molecule has 2 heteroatoms. The van der Waals surface area contributed by atoms with Crippen molar-refractivity contribution in [2.24, 2.45) is 0 Å². The molecular weight excluding hydrogens is 845 g/mol. The number of rotatable bonds is 6. The Labute approximate surface area is 410 Å². The standard InChI is InChI=1S/C68H52N2/c1-67(2)61-27-15-13-23-53(61)55-35-33-49(39-63(55)67)69(47-31-29-43-17-5-7-19-45(43)37-47)65-41-59-52-22-10-12-26-58(52)66(42-60(59)51-21-9-11-25-57(51)65)70(48-32-30-44-18-6-8-20-46(44)38-48)50-34-36-56-54-24-14-16-28-62(54)68(3,4)64(56)40-50/h5-15,17-27,29-42H,16,28H2,1-4H3. The summed E-state index contributed by atoms with van der Waals surface area (Å²) in [5.74, 6) is 0. The summed E-state index contributed by atoms with van der Waals surface area (Å²) in [5, 5.41) is 12.2. The Kier molecular flexibility index (Phi) is 8.84. The summed E-state index contributed by atoms with van der Waals surface area (Å²) in [6, 6.07) is 77.9. The molecule has 11 aromatic carbocycles. The third kappa shape index (κ3) is 5.99. The highest BCUT2D eigenvalue weighted by atomic mass is 15.2. The maximum Gasteiger partial charge on any atom is 0.0546 e. The molecule has 2 nitrogen and oxygen atoms in total. The molecule has 334 valence electrons. The SMILES string of the molecule is CC1(C)C2=C(C=CCC2)c2ccc(N(c3ccc4ccccc4c3)c3cc4c5ccccc5c(N(c5ccc6c(c5)C(C)(C)c5ccccc5-6)c5ccc6ccccc6c5)cc4c4ccccc34)cc21. The molecule has 14 rings (SSSR count). The summed E-state index contributed by atoms with van der Waals surface area (Å²) in [7, 11) is 0. The van der Waals surface area contributed by atoms with E-state index in [-0.39, 0.29) is 10.8 Å². The summed E-state index contributed by atoms with van der Waals surface area (Å²) in [5.41, 5.74) is 17.8. The lowest BCUT2D eigenvalue weighted by Crippen LogP contribution is -2.19. The highest BCUT2D eigenvalue weighted by Gasteiger charge is 2.39. The predicted octanol–water partition coefficient (Wildman–Crippen LogP) is 19.1. The Morgan fingerprint density at radius 1 is 0.343 bits per heavy atom. The number of benzene rings is 11. The lowest BCUT2D eigenvalue weighted by atomic mass is 9.78. The molecular formula is C68H52N2. The van der Waals surface area contributed by atoms with E-state index in [2.05, 4.69) is 256 Å². The van der Waals surface area contributed by atoms with E-state index in [1.54, 1.807) is 5.57 Å². The summed E-state index contributed by atoms with van der Waals surface area (Å²) in [4.78, 5) is 5.05. The lowest BCUT2D eigenvalue weighted by molar-refractivity contribution is 0.607. The highest BCUT2D eigenvalue weighted by Crippen LogP contribution is 2.55. The largest absolute Gasteiger partial charge is 0.310 e. The van der Waals surface area contributed by atoms with E-state index >= 15 is 0 Å². The van der Waals surface area contributed by atoms with E-state index in [1.807, 2.05) is 0 Å². The molecule has 3 aliphatic rings. The van der Waals surface area contributed by atoms with Crippen LogP contribution in [0.2, 0.25) is 0 Å². The summed E-state index contributed by atoms with van der Waals surface area (Å²) < 4.78 is 0. The maximum atomic E-state index is 2.53. The number of allylic oxidation sites excluding steroid dienone is 4. The van der Waals surface area contributed by atoms with Crippen molar-refractivity contribution in [1.82, 2.24) is 0 Å². The van der Waals surface area contributed by atoms with Gasteiger partial charge in [-0.25, -0.2) is 0 Å². The van der Waals surface area contributed by atoms with Crippen molar-refractivity contribution in [3.05, 3.63) is 246 Å². The first-order chi connectivity index (χ1) is 34.2. The molecule has 70 heavy (non-hydrogen) atoms. The van der Waals surface area contributed by atoms with Crippen LogP contribution >= 0.6 is 0 Å². The van der Waals surface area contributed by atoms with Gasteiger partial charge in [0.05, 0.1) is 11.4 Å². The molecule has 0 aromatic heterocycles. The first-order valence-corrected chi connectivity index (χ1v) is 25.0. The van der Waals surface area contributed by atoms with E-state index in [4.69, 9.17) is 0 Å². The second-order valence-corrected chi connectivity index (χ2v) is 20.8. The van der Waals surface area contributed by atoms with Gasteiger partial charge < -0.3 is 9.80 Å². The zero-order valence-corrected chi connectivity index (χ0v) is 40.1. The number of nitrogens with zero attached hydrogens (tertiary/aromatic N) is 2. The van der Waals surface area contributed by atoms with Crippen LogP contribution in [0.1, 0.15) is 62.8 Å². The van der Waals surface area contributed by atoms with Crippen molar-refractivity contribution in [3.8, 4) is 11.1 Å². The predicted molar refractivity (Wildman–Crippen MR) is 299 cm³/mol. The number of hydrogen-bond donors (Lipinski definition) is 0. The molecule has 0 unspecified atom stereocenters. The molecule has 3 aliphatic carbocycles. The quantitative estimate of drug-likeness (QED) is 0.153. The van der Waals surface area contributed by atoms with Gasteiger partial charge in [0.1, 0.15) is 0 Å².